The van der Waals surface area contributed by atoms with Crippen molar-refractivity contribution in [2.75, 3.05) is 13.2 Å². The van der Waals surface area contributed by atoms with Gasteiger partial charge in [-0.3, -0.25) is 9.11 Å². The summed E-state index contributed by atoms with van der Waals surface area (Å²) in [6.45, 7) is -0.250. The maximum atomic E-state index is 10.4. The Labute approximate surface area is 140 Å². The van der Waals surface area contributed by atoms with Crippen LogP contribution in [-0.4, -0.2) is 49.4 Å². The average Bonchev–Trinajstić information content (AvgIpc) is 2.56. The van der Waals surface area contributed by atoms with Crippen molar-refractivity contribution in [3.8, 4) is 0 Å². The molecule has 0 fully saturated rings. The molecule has 0 aromatic heterocycles. The summed E-state index contributed by atoms with van der Waals surface area (Å²) >= 11 is 0. The third-order valence-corrected chi connectivity index (χ3v) is 3.92. The van der Waals surface area contributed by atoms with Crippen LogP contribution < -0.4 is 0 Å². The zero-order valence-corrected chi connectivity index (χ0v) is 14.1. The summed E-state index contributed by atoms with van der Waals surface area (Å²) in [5, 5.41) is 15.2. The summed E-state index contributed by atoms with van der Waals surface area (Å²) in [5.41, 5.74) is 0. The fourth-order valence-electron chi connectivity index (χ4n) is 1.18. The molecule has 0 unspecified atom stereocenters. The van der Waals surface area contributed by atoms with Gasteiger partial charge in [-0.15, -0.1) is 0 Å². The summed E-state index contributed by atoms with van der Waals surface area (Å²) in [6, 6.07) is 14.8. The van der Waals surface area contributed by atoms with Gasteiger partial charge in [0.2, 0.25) is 0 Å². The van der Waals surface area contributed by atoms with Gasteiger partial charge in [0.15, 0.2) is 0 Å². The molecule has 0 bridgehead atoms. The van der Waals surface area contributed by atoms with Crippen LogP contribution in [0.1, 0.15) is 0 Å². The van der Waals surface area contributed by atoms with Crippen molar-refractivity contribution in [1.29, 1.82) is 0 Å². The lowest BCUT2D eigenvalue weighted by molar-refractivity contribution is 0.186. The Bertz CT molecular complexity index is 703. The van der Waals surface area contributed by atoms with Crippen LogP contribution in [0.3, 0.4) is 0 Å². The monoisotopic (exact) mass is 378 g/mol. The van der Waals surface area contributed by atoms with Crippen LogP contribution in [0.25, 0.3) is 0 Å². The van der Waals surface area contributed by atoms with Crippen LogP contribution >= 0.6 is 0 Å². The second-order valence-electron chi connectivity index (χ2n) is 4.02. The molecule has 8 nitrogen and oxygen atoms in total. The maximum Gasteiger partial charge on any atom is 0.294 e. The number of aliphatic hydroxyl groups excluding tert-OH is 2. The topological polar surface area (TPSA) is 149 Å². The highest BCUT2D eigenvalue weighted by Crippen LogP contribution is 2.05. The van der Waals surface area contributed by atoms with E-state index in [-0.39, 0.29) is 23.0 Å². The Morgan fingerprint density at radius 2 is 0.833 bits per heavy atom. The summed E-state index contributed by atoms with van der Waals surface area (Å²) in [6.07, 6.45) is 0. The van der Waals surface area contributed by atoms with Crippen LogP contribution in [0.5, 0.6) is 0 Å². The molecule has 0 saturated heterocycles. The Morgan fingerprint density at radius 3 is 0.958 bits per heavy atom. The molecule has 0 aliphatic heterocycles. The van der Waals surface area contributed by atoms with E-state index in [9.17, 15) is 16.8 Å². The van der Waals surface area contributed by atoms with Crippen molar-refractivity contribution in [2.45, 2.75) is 9.79 Å². The average molecular weight is 378 g/mol. The molecule has 0 aliphatic carbocycles. The standard InChI is InChI=1S/2C6H6O3S.C2H6O2/c2*7-10(8,9)6-4-2-1-3-5-6;3-1-2-4/h2*1-5H,(H,7,8,9);3-4H,1-2H2. The molecule has 0 radical (unpaired) electrons. The van der Waals surface area contributed by atoms with Gasteiger partial charge in [-0.1, -0.05) is 36.4 Å². The molecule has 2 rings (SSSR count). The van der Waals surface area contributed by atoms with Crippen molar-refractivity contribution in [2.24, 2.45) is 0 Å². The first-order chi connectivity index (χ1) is 11.1. The normalized spacial score (nSPS) is 10.7. The van der Waals surface area contributed by atoms with Crippen molar-refractivity contribution < 1.29 is 36.2 Å². The van der Waals surface area contributed by atoms with Crippen molar-refractivity contribution in [3.63, 3.8) is 0 Å². The van der Waals surface area contributed by atoms with E-state index < -0.39 is 20.2 Å². The SMILES string of the molecule is O=S(=O)(O)c1ccccc1.O=S(=O)(O)c1ccccc1.OCCO. The third-order valence-electron chi connectivity index (χ3n) is 2.18. The molecule has 10 heteroatoms. The molecular weight excluding hydrogens is 360 g/mol. The second kappa shape index (κ2) is 10.9. The number of benzene rings is 2. The fraction of sp³-hybridized carbons (Fsp3) is 0.143. The molecule has 24 heavy (non-hydrogen) atoms. The predicted octanol–water partition coefficient (Wildman–Crippen LogP) is 0.838. The first-order valence-electron chi connectivity index (χ1n) is 6.39. The van der Waals surface area contributed by atoms with Crippen molar-refractivity contribution >= 4 is 20.2 Å². The zero-order chi connectivity index (χ0) is 18.6. The molecule has 0 spiro atoms. The Morgan fingerprint density at radius 1 is 0.583 bits per heavy atom. The Balaban J connectivity index is 0.000000363. The molecule has 0 amide bonds. The predicted molar refractivity (Wildman–Crippen MR) is 86.7 cm³/mol. The summed E-state index contributed by atoms with van der Waals surface area (Å²) in [7, 11) is -8.01. The van der Waals surface area contributed by atoms with Gasteiger partial charge in [0.05, 0.1) is 23.0 Å². The van der Waals surface area contributed by atoms with Crippen molar-refractivity contribution in [1.82, 2.24) is 0 Å². The van der Waals surface area contributed by atoms with E-state index in [0.29, 0.717) is 0 Å². The quantitative estimate of drug-likeness (QED) is 0.574. The van der Waals surface area contributed by atoms with Gasteiger partial charge in [0, 0.05) is 0 Å². The Kier molecular flexibility index (Phi) is 10.0. The van der Waals surface area contributed by atoms with Crippen molar-refractivity contribution in [3.05, 3.63) is 60.7 Å². The van der Waals surface area contributed by atoms with Crippen LogP contribution in [-0.2, 0) is 20.2 Å². The van der Waals surface area contributed by atoms with E-state index in [2.05, 4.69) is 0 Å². The zero-order valence-electron chi connectivity index (χ0n) is 12.4. The summed E-state index contributed by atoms with van der Waals surface area (Å²) in [5.74, 6) is 0. The number of hydrogen-bond acceptors (Lipinski definition) is 6. The van der Waals surface area contributed by atoms with Crippen LogP contribution in [0, 0.1) is 0 Å². The second-order valence-corrected chi connectivity index (χ2v) is 6.87. The maximum absolute atomic E-state index is 10.4. The highest BCUT2D eigenvalue weighted by molar-refractivity contribution is 7.86. The van der Waals surface area contributed by atoms with Gasteiger partial charge in [-0.25, -0.2) is 0 Å². The highest BCUT2D eigenvalue weighted by atomic mass is 32.2. The van der Waals surface area contributed by atoms with Gasteiger partial charge in [0.25, 0.3) is 20.2 Å². The lowest BCUT2D eigenvalue weighted by Gasteiger charge is -1.92. The van der Waals surface area contributed by atoms with E-state index in [0.717, 1.165) is 0 Å². The van der Waals surface area contributed by atoms with Crippen LogP contribution in [0.4, 0.5) is 0 Å². The number of aliphatic hydroxyl groups is 2. The summed E-state index contributed by atoms with van der Waals surface area (Å²) in [4.78, 5) is -0.148. The number of rotatable bonds is 3. The smallest absolute Gasteiger partial charge is 0.294 e. The fourth-order valence-corrected chi connectivity index (χ4v) is 2.19. The molecule has 0 atom stereocenters. The first kappa shape index (κ1) is 22.2. The highest BCUT2D eigenvalue weighted by Gasteiger charge is 2.06. The van der Waals surface area contributed by atoms with E-state index in [1.165, 1.54) is 24.3 Å². The van der Waals surface area contributed by atoms with E-state index >= 15 is 0 Å². The first-order valence-corrected chi connectivity index (χ1v) is 9.27. The third kappa shape index (κ3) is 10.0. The van der Waals surface area contributed by atoms with Gasteiger partial charge in [-0.05, 0) is 24.3 Å². The lowest BCUT2D eigenvalue weighted by atomic mass is 10.4. The van der Waals surface area contributed by atoms with Crippen LogP contribution in [0.2, 0.25) is 0 Å². The van der Waals surface area contributed by atoms with Gasteiger partial charge in [0.1, 0.15) is 0 Å². The van der Waals surface area contributed by atoms with E-state index in [4.69, 9.17) is 19.3 Å². The molecule has 0 saturated carbocycles. The van der Waals surface area contributed by atoms with Gasteiger partial charge < -0.3 is 10.2 Å². The minimum atomic E-state index is -4.00. The lowest BCUT2D eigenvalue weighted by Crippen LogP contribution is -1.96. The Hall–Kier alpha value is -1.82. The van der Waals surface area contributed by atoms with Crippen LogP contribution in [0.15, 0.2) is 70.5 Å². The minimum absolute atomic E-state index is 0.0741. The molecular formula is C14H18O8S2. The minimum Gasteiger partial charge on any atom is -0.394 e. The number of hydrogen-bond donors (Lipinski definition) is 4. The molecule has 2 aromatic rings. The van der Waals surface area contributed by atoms with E-state index in [1.807, 2.05) is 0 Å². The molecule has 0 aliphatic rings. The van der Waals surface area contributed by atoms with E-state index in [1.54, 1.807) is 36.4 Å². The molecule has 2 aromatic carbocycles. The van der Waals surface area contributed by atoms with Gasteiger partial charge in [-0.2, -0.15) is 16.8 Å². The molecule has 134 valence electrons. The largest absolute Gasteiger partial charge is 0.394 e. The molecule has 0 heterocycles. The summed E-state index contributed by atoms with van der Waals surface area (Å²) < 4.78 is 58.5. The van der Waals surface area contributed by atoms with Gasteiger partial charge >= 0.3 is 0 Å². The molecule has 4 N–H and O–H groups in total.